The lowest BCUT2D eigenvalue weighted by Crippen LogP contribution is -2.35. The largest absolute Gasteiger partial charge is 0.337 e. The molecule has 0 heterocycles. The van der Waals surface area contributed by atoms with Crippen LogP contribution in [0.5, 0.6) is 0 Å². The van der Waals surface area contributed by atoms with Gasteiger partial charge in [0.2, 0.25) is 0 Å². The van der Waals surface area contributed by atoms with Crippen LogP contribution >= 0.6 is 0 Å². The number of carbonyl (C=O) groups excluding carboxylic acids is 2. The van der Waals surface area contributed by atoms with E-state index in [4.69, 9.17) is 0 Å². The van der Waals surface area contributed by atoms with Crippen molar-refractivity contribution >= 4 is 23.4 Å². The van der Waals surface area contributed by atoms with Gasteiger partial charge >= 0.3 is 12.1 Å². The van der Waals surface area contributed by atoms with Crippen LogP contribution in [0.2, 0.25) is 0 Å². The van der Waals surface area contributed by atoms with Crippen LogP contribution in [0.15, 0.2) is 48.5 Å². The van der Waals surface area contributed by atoms with Gasteiger partial charge in [0.25, 0.3) is 0 Å². The van der Waals surface area contributed by atoms with Gasteiger partial charge in [-0.3, -0.25) is 0 Å². The van der Waals surface area contributed by atoms with Gasteiger partial charge in [0.05, 0.1) is 0 Å². The molecule has 4 N–H and O–H groups in total. The van der Waals surface area contributed by atoms with Crippen LogP contribution in [0.1, 0.15) is 52.7 Å². The number of hydrogen-bond acceptors (Lipinski definition) is 2. The van der Waals surface area contributed by atoms with Gasteiger partial charge in [-0.25, -0.2) is 9.59 Å². The van der Waals surface area contributed by atoms with Crippen LogP contribution < -0.4 is 21.3 Å². The molecule has 2 aromatic rings. The van der Waals surface area contributed by atoms with Crippen molar-refractivity contribution in [2.45, 2.75) is 48.0 Å². The molecule has 0 aliphatic rings. The Morgan fingerprint density at radius 1 is 0.613 bits per heavy atom. The van der Waals surface area contributed by atoms with E-state index >= 15 is 0 Å². The Hall–Kier alpha value is -3.02. The van der Waals surface area contributed by atoms with Crippen molar-refractivity contribution in [1.82, 2.24) is 10.6 Å². The molecule has 0 saturated carbocycles. The average Bonchev–Trinajstić information content (AvgIpc) is 2.67. The second-order valence-electron chi connectivity index (χ2n) is 10.3. The van der Waals surface area contributed by atoms with Gasteiger partial charge in [-0.2, -0.15) is 0 Å². The Labute approximate surface area is 186 Å². The van der Waals surface area contributed by atoms with Gasteiger partial charge in [0.1, 0.15) is 0 Å². The first-order valence-corrected chi connectivity index (χ1v) is 10.7. The Bertz CT molecular complexity index is 787. The summed E-state index contributed by atoms with van der Waals surface area (Å²) in [5.74, 6) is 0. The quantitative estimate of drug-likeness (QED) is 0.486. The predicted molar refractivity (Wildman–Crippen MR) is 129 cm³/mol. The van der Waals surface area contributed by atoms with Crippen LogP contribution in [0, 0.1) is 10.8 Å². The van der Waals surface area contributed by atoms with Crippen molar-refractivity contribution in [3.8, 4) is 0 Å². The Morgan fingerprint density at radius 2 is 0.935 bits per heavy atom. The van der Waals surface area contributed by atoms with E-state index < -0.39 is 0 Å². The fourth-order valence-corrected chi connectivity index (χ4v) is 2.69. The first-order chi connectivity index (χ1) is 14.4. The lowest BCUT2D eigenvalue weighted by Gasteiger charge is -2.19. The molecule has 2 rings (SSSR count). The molecule has 0 unspecified atom stereocenters. The van der Waals surface area contributed by atoms with Gasteiger partial charge in [0.15, 0.2) is 0 Å². The van der Waals surface area contributed by atoms with Gasteiger partial charge in [0, 0.05) is 24.5 Å². The number of urea groups is 2. The molecule has 0 aliphatic heterocycles. The van der Waals surface area contributed by atoms with E-state index in [-0.39, 0.29) is 22.9 Å². The summed E-state index contributed by atoms with van der Waals surface area (Å²) < 4.78 is 0. The second kappa shape index (κ2) is 10.3. The zero-order valence-electron chi connectivity index (χ0n) is 19.6. The number of benzene rings is 2. The summed E-state index contributed by atoms with van der Waals surface area (Å²) >= 11 is 0. The summed E-state index contributed by atoms with van der Waals surface area (Å²) in [6.45, 7) is 13.7. The maximum atomic E-state index is 12.0. The Kier molecular flexibility index (Phi) is 8.08. The number of amides is 4. The molecule has 6 nitrogen and oxygen atoms in total. The zero-order chi connectivity index (χ0) is 23.1. The lowest BCUT2D eigenvalue weighted by molar-refractivity contribution is 0.246. The summed E-state index contributed by atoms with van der Waals surface area (Å²) in [5.41, 5.74) is 3.89. The lowest BCUT2D eigenvalue weighted by atomic mass is 9.97. The van der Waals surface area contributed by atoms with E-state index in [1.807, 2.05) is 48.5 Å². The van der Waals surface area contributed by atoms with Crippen molar-refractivity contribution in [3.05, 3.63) is 59.7 Å². The minimum atomic E-state index is -0.197. The standard InChI is InChI=1S/C25H36N4O2/c1-24(2,3)16-26-22(30)28-20-11-7-18(8-12-20)15-19-9-13-21(14-10-19)29-23(31)27-17-25(4,5)6/h7-14H,15-17H2,1-6H3,(H2,26,28,30)(H2,27,29,31). The third-order valence-corrected chi connectivity index (χ3v) is 4.39. The number of anilines is 2. The number of rotatable bonds is 6. The zero-order valence-corrected chi connectivity index (χ0v) is 19.6. The van der Waals surface area contributed by atoms with E-state index in [1.54, 1.807) is 0 Å². The van der Waals surface area contributed by atoms with Crippen molar-refractivity contribution in [1.29, 1.82) is 0 Å². The van der Waals surface area contributed by atoms with Gasteiger partial charge in [-0.1, -0.05) is 65.8 Å². The minimum absolute atomic E-state index is 0.0441. The average molecular weight is 425 g/mol. The number of carbonyl (C=O) groups is 2. The predicted octanol–water partition coefficient (Wildman–Crippen LogP) is 5.61. The summed E-state index contributed by atoms with van der Waals surface area (Å²) in [6.07, 6.45) is 0.771. The van der Waals surface area contributed by atoms with Crippen molar-refractivity contribution in [2.75, 3.05) is 23.7 Å². The molecule has 0 aliphatic carbocycles. The van der Waals surface area contributed by atoms with Gasteiger partial charge < -0.3 is 21.3 Å². The molecule has 0 saturated heterocycles. The monoisotopic (exact) mass is 424 g/mol. The molecule has 4 amide bonds. The molecule has 0 fully saturated rings. The van der Waals surface area contributed by atoms with E-state index in [1.165, 1.54) is 0 Å². The van der Waals surface area contributed by atoms with E-state index in [0.29, 0.717) is 13.1 Å². The van der Waals surface area contributed by atoms with E-state index in [9.17, 15) is 9.59 Å². The summed E-state index contributed by atoms with van der Waals surface area (Å²) in [7, 11) is 0. The van der Waals surface area contributed by atoms with Gasteiger partial charge in [-0.05, 0) is 52.6 Å². The molecule has 31 heavy (non-hydrogen) atoms. The van der Waals surface area contributed by atoms with E-state index in [0.717, 1.165) is 28.9 Å². The smallest absolute Gasteiger partial charge is 0.319 e. The highest BCUT2D eigenvalue weighted by Gasteiger charge is 2.12. The molecular weight excluding hydrogens is 388 g/mol. The highest BCUT2D eigenvalue weighted by atomic mass is 16.2. The molecule has 0 atom stereocenters. The van der Waals surface area contributed by atoms with Crippen molar-refractivity contribution in [3.63, 3.8) is 0 Å². The topological polar surface area (TPSA) is 82.3 Å². The molecule has 0 bridgehead atoms. The van der Waals surface area contributed by atoms with Crippen LogP contribution in [0.4, 0.5) is 21.0 Å². The first kappa shape index (κ1) is 24.3. The highest BCUT2D eigenvalue weighted by molar-refractivity contribution is 5.89. The Balaban J connectivity index is 1.83. The molecule has 0 aromatic heterocycles. The fraction of sp³-hybridized carbons (Fsp3) is 0.440. The third kappa shape index (κ3) is 10.0. The second-order valence-corrected chi connectivity index (χ2v) is 10.3. The van der Waals surface area contributed by atoms with Crippen molar-refractivity contribution in [2.24, 2.45) is 10.8 Å². The van der Waals surface area contributed by atoms with Crippen LogP contribution in [-0.4, -0.2) is 25.2 Å². The molecule has 168 valence electrons. The van der Waals surface area contributed by atoms with Crippen LogP contribution in [0.3, 0.4) is 0 Å². The molecule has 2 aromatic carbocycles. The van der Waals surface area contributed by atoms with E-state index in [2.05, 4.69) is 62.8 Å². The summed E-state index contributed by atoms with van der Waals surface area (Å²) in [4.78, 5) is 24.0. The SMILES string of the molecule is CC(C)(C)CNC(=O)Nc1ccc(Cc2ccc(NC(=O)NCC(C)(C)C)cc2)cc1. The van der Waals surface area contributed by atoms with Crippen LogP contribution in [0.25, 0.3) is 0 Å². The third-order valence-electron chi connectivity index (χ3n) is 4.39. The van der Waals surface area contributed by atoms with Crippen molar-refractivity contribution < 1.29 is 9.59 Å². The number of hydrogen-bond donors (Lipinski definition) is 4. The summed E-state index contributed by atoms with van der Waals surface area (Å²) in [5, 5.41) is 11.5. The normalized spacial score (nSPS) is 11.5. The minimum Gasteiger partial charge on any atom is -0.337 e. The van der Waals surface area contributed by atoms with Gasteiger partial charge in [-0.15, -0.1) is 0 Å². The molecule has 0 radical (unpaired) electrons. The highest BCUT2D eigenvalue weighted by Crippen LogP contribution is 2.17. The number of nitrogens with one attached hydrogen (secondary N) is 4. The molecule has 0 spiro atoms. The molecular formula is C25H36N4O2. The van der Waals surface area contributed by atoms with Crippen LogP contribution in [-0.2, 0) is 6.42 Å². The first-order valence-electron chi connectivity index (χ1n) is 10.7. The Morgan fingerprint density at radius 3 is 1.23 bits per heavy atom. The fourth-order valence-electron chi connectivity index (χ4n) is 2.69. The maximum absolute atomic E-state index is 12.0. The molecule has 6 heteroatoms. The summed E-state index contributed by atoms with van der Waals surface area (Å²) in [6, 6.07) is 15.2. The maximum Gasteiger partial charge on any atom is 0.319 e.